The largest absolute Gasteiger partial charge is 0.472 e. The maximum atomic E-state index is 12.8. The molecule has 0 rings (SSSR count). The van der Waals surface area contributed by atoms with Gasteiger partial charge < -0.3 is 18.9 Å². The number of rotatable bonds is 63. The van der Waals surface area contributed by atoms with Gasteiger partial charge in [0, 0.05) is 12.8 Å². The number of unbranched alkanes of at least 4 members (excludes halogenated alkanes) is 45. The van der Waals surface area contributed by atoms with Crippen molar-refractivity contribution in [2.45, 2.75) is 347 Å². The molecule has 77 heavy (non-hydrogen) atoms. The van der Waals surface area contributed by atoms with Gasteiger partial charge in [-0.15, -0.1) is 0 Å². The molecular weight excluding hydrogens is 978 g/mol. The number of hydrogen-bond donors (Lipinski definition) is 1. The minimum absolute atomic E-state index is 0.0334. The fourth-order valence-corrected chi connectivity index (χ4v) is 10.8. The molecule has 2 unspecified atom stereocenters. The molecule has 0 saturated carbocycles. The maximum absolute atomic E-state index is 12.8. The molecule has 0 aliphatic carbocycles. The second kappa shape index (κ2) is 59.1. The zero-order chi connectivity index (χ0) is 56.3. The summed E-state index contributed by atoms with van der Waals surface area (Å²) in [6.07, 6.45) is 72.9. The first-order chi connectivity index (χ1) is 37.5. The van der Waals surface area contributed by atoms with Crippen LogP contribution in [-0.4, -0.2) is 74.9 Å². The Morgan fingerprint density at radius 1 is 0.403 bits per heavy atom. The van der Waals surface area contributed by atoms with Gasteiger partial charge in [-0.25, -0.2) is 4.57 Å². The van der Waals surface area contributed by atoms with E-state index in [0.29, 0.717) is 23.9 Å². The van der Waals surface area contributed by atoms with E-state index in [1.54, 1.807) is 0 Å². The van der Waals surface area contributed by atoms with Gasteiger partial charge in [0.05, 0.1) is 27.7 Å². The average molecular weight is 1110 g/mol. The number of phosphoric acid groups is 1. The Morgan fingerprint density at radius 2 is 0.701 bits per heavy atom. The van der Waals surface area contributed by atoms with Crippen molar-refractivity contribution in [3.63, 3.8) is 0 Å². The number of carbonyl (C=O) groups is 2. The van der Waals surface area contributed by atoms with Crippen LogP contribution in [0.5, 0.6) is 0 Å². The highest BCUT2D eigenvalue weighted by Crippen LogP contribution is 2.43. The summed E-state index contributed by atoms with van der Waals surface area (Å²) in [5.74, 6) is -0.784. The lowest BCUT2D eigenvalue weighted by molar-refractivity contribution is -0.870. The Bertz CT molecular complexity index is 1350. The summed E-state index contributed by atoms with van der Waals surface area (Å²) in [4.78, 5) is 35.8. The van der Waals surface area contributed by atoms with Crippen LogP contribution in [0, 0.1) is 0 Å². The van der Waals surface area contributed by atoms with Crippen molar-refractivity contribution in [2.24, 2.45) is 0 Å². The zero-order valence-electron chi connectivity index (χ0n) is 52.0. The van der Waals surface area contributed by atoms with E-state index in [9.17, 15) is 19.0 Å². The van der Waals surface area contributed by atoms with Gasteiger partial charge in [-0.1, -0.05) is 308 Å². The molecule has 0 spiro atoms. The molecule has 9 nitrogen and oxygen atoms in total. The number of phosphoric ester groups is 1. The van der Waals surface area contributed by atoms with Gasteiger partial charge in [-0.05, 0) is 44.9 Å². The number of hydrogen-bond acceptors (Lipinski definition) is 7. The Morgan fingerprint density at radius 3 is 1.05 bits per heavy atom. The molecule has 0 bridgehead atoms. The van der Waals surface area contributed by atoms with Crippen molar-refractivity contribution in [1.82, 2.24) is 0 Å². The third kappa shape index (κ3) is 63.5. The fourth-order valence-electron chi connectivity index (χ4n) is 10.1. The molecule has 0 aromatic heterocycles. The van der Waals surface area contributed by atoms with E-state index in [0.717, 1.165) is 44.9 Å². The minimum atomic E-state index is -4.39. The van der Waals surface area contributed by atoms with Gasteiger partial charge in [-0.3, -0.25) is 18.6 Å². The highest BCUT2D eigenvalue weighted by Gasteiger charge is 2.27. The van der Waals surface area contributed by atoms with Gasteiger partial charge in [0.1, 0.15) is 19.8 Å². The molecule has 0 aromatic carbocycles. The Labute approximate surface area is 479 Å². The van der Waals surface area contributed by atoms with Gasteiger partial charge in [-0.2, -0.15) is 0 Å². The van der Waals surface area contributed by atoms with Crippen molar-refractivity contribution in [3.8, 4) is 0 Å². The second-order valence-corrected chi connectivity index (χ2v) is 25.7. The number of ether oxygens (including phenoxy) is 2. The third-order valence-corrected chi connectivity index (χ3v) is 16.2. The standard InChI is InChI=1S/C67H130NO8P/c1-6-8-10-12-14-16-18-20-22-24-26-27-28-29-30-31-32-33-34-35-36-37-38-39-40-42-43-45-47-49-51-53-55-57-59-66(69)73-63-65(64-75-77(71,72)74-62-61-68(3,4)5)76-67(70)60-58-56-54-52-50-48-46-44-41-25-23-21-19-17-15-13-11-9-7-2/h15,17,21,23,65H,6-14,16,18-20,22,24-64H2,1-5H3/p+1/b17-15-,23-21-. The Kier molecular flexibility index (Phi) is 58.0. The van der Waals surface area contributed by atoms with Gasteiger partial charge in [0.25, 0.3) is 0 Å². The van der Waals surface area contributed by atoms with E-state index < -0.39 is 26.5 Å². The molecule has 0 aromatic rings. The number of nitrogens with zero attached hydrogens (tertiary/aromatic N) is 1. The van der Waals surface area contributed by atoms with Crippen LogP contribution in [0.25, 0.3) is 0 Å². The van der Waals surface area contributed by atoms with Crippen molar-refractivity contribution in [2.75, 3.05) is 47.5 Å². The smallest absolute Gasteiger partial charge is 0.462 e. The topological polar surface area (TPSA) is 108 Å². The molecule has 0 aliphatic heterocycles. The van der Waals surface area contributed by atoms with Gasteiger partial charge in [0.2, 0.25) is 0 Å². The molecule has 2 atom stereocenters. The zero-order valence-corrected chi connectivity index (χ0v) is 52.9. The first kappa shape index (κ1) is 75.5. The summed E-state index contributed by atoms with van der Waals surface area (Å²) >= 11 is 0. The number of quaternary nitrogens is 1. The lowest BCUT2D eigenvalue weighted by Gasteiger charge is -2.24. The van der Waals surface area contributed by atoms with Crippen LogP contribution >= 0.6 is 7.82 Å². The highest BCUT2D eigenvalue weighted by molar-refractivity contribution is 7.47. The third-order valence-electron chi connectivity index (χ3n) is 15.2. The average Bonchev–Trinajstić information content (AvgIpc) is 3.39. The molecule has 0 saturated heterocycles. The molecule has 0 fully saturated rings. The van der Waals surface area contributed by atoms with Crippen molar-refractivity contribution >= 4 is 19.8 Å². The van der Waals surface area contributed by atoms with Gasteiger partial charge >= 0.3 is 19.8 Å². The molecule has 1 N–H and O–H groups in total. The molecule has 0 heterocycles. The molecule has 456 valence electrons. The Balaban J connectivity index is 3.94. The number of carbonyl (C=O) groups excluding carboxylic acids is 2. The summed E-state index contributed by atoms with van der Waals surface area (Å²) in [6.45, 7) is 4.47. The highest BCUT2D eigenvalue weighted by atomic mass is 31.2. The van der Waals surface area contributed by atoms with Crippen LogP contribution in [0.4, 0.5) is 0 Å². The number of esters is 2. The van der Waals surface area contributed by atoms with Crippen LogP contribution in [-0.2, 0) is 32.7 Å². The SMILES string of the molecule is CCCCC/C=C\C/C=C\CCCCCCCCCCCC(=O)OC(COC(=O)CCCCCCCCCCCCCCCCCCCCCCCCCCCCCCCCCCCC)COP(=O)(O)OCC[N+](C)(C)C. The quantitative estimate of drug-likeness (QED) is 0.0211. The lowest BCUT2D eigenvalue weighted by atomic mass is 10.0. The fraction of sp³-hybridized carbons (Fsp3) is 0.910. The van der Waals surface area contributed by atoms with E-state index in [-0.39, 0.29) is 25.6 Å². The van der Waals surface area contributed by atoms with E-state index in [4.69, 9.17) is 18.5 Å². The van der Waals surface area contributed by atoms with Crippen molar-refractivity contribution < 1.29 is 42.1 Å². The number of allylic oxidation sites excluding steroid dienone is 4. The summed E-state index contributed by atoms with van der Waals surface area (Å²) < 4.78 is 34.7. The van der Waals surface area contributed by atoms with E-state index >= 15 is 0 Å². The van der Waals surface area contributed by atoms with Crippen LogP contribution in [0.2, 0.25) is 0 Å². The van der Waals surface area contributed by atoms with E-state index in [1.807, 2.05) is 21.1 Å². The Hall–Kier alpha value is -1.51. The molecular formula is C67H131NO8P+. The summed E-state index contributed by atoms with van der Waals surface area (Å²) in [7, 11) is 1.49. The molecule has 0 aliphatic rings. The predicted molar refractivity (Wildman–Crippen MR) is 331 cm³/mol. The van der Waals surface area contributed by atoms with Crippen LogP contribution in [0.15, 0.2) is 24.3 Å². The normalized spacial score (nSPS) is 13.3. The first-order valence-electron chi connectivity index (χ1n) is 33.6. The van der Waals surface area contributed by atoms with Crippen LogP contribution in [0.3, 0.4) is 0 Å². The van der Waals surface area contributed by atoms with Gasteiger partial charge in [0.15, 0.2) is 6.10 Å². The summed E-state index contributed by atoms with van der Waals surface area (Å²) in [6, 6.07) is 0. The van der Waals surface area contributed by atoms with E-state index in [2.05, 4.69) is 38.2 Å². The maximum Gasteiger partial charge on any atom is 0.472 e. The second-order valence-electron chi connectivity index (χ2n) is 24.2. The van der Waals surface area contributed by atoms with Crippen molar-refractivity contribution in [3.05, 3.63) is 24.3 Å². The lowest BCUT2D eigenvalue weighted by Crippen LogP contribution is -2.37. The van der Waals surface area contributed by atoms with E-state index in [1.165, 1.54) is 263 Å². The summed E-state index contributed by atoms with van der Waals surface area (Å²) in [5, 5.41) is 0. The molecule has 10 heteroatoms. The first-order valence-corrected chi connectivity index (χ1v) is 35.1. The molecule has 0 amide bonds. The number of likely N-dealkylation sites (N-methyl/N-ethyl adjacent to an activating group) is 1. The van der Waals surface area contributed by atoms with Crippen LogP contribution < -0.4 is 0 Å². The minimum Gasteiger partial charge on any atom is -0.462 e. The predicted octanol–water partition coefficient (Wildman–Crippen LogP) is 21.3. The van der Waals surface area contributed by atoms with Crippen LogP contribution in [0.1, 0.15) is 341 Å². The summed E-state index contributed by atoms with van der Waals surface area (Å²) in [5.41, 5.74) is 0. The monoisotopic (exact) mass is 1110 g/mol. The molecule has 0 radical (unpaired) electrons. The van der Waals surface area contributed by atoms with Crippen molar-refractivity contribution in [1.29, 1.82) is 0 Å².